The van der Waals surface area contributed by atoms with Crippen molar-refractivity contribution < 1.29 is 0 Å². The number of aryl methyl sites for hydroxylation is 1. The summed E-state index contributed by atoms with van der Waals surface area (Å²) >= 11 is 0. The van der Waals surface area contributed by atoms with Gasteiger partial charge in [-0.3, -0.25) is 0 Å². The Morgan fingerprint density at radius 1 is 0.839 bits per heavy atom. The molecule has 0 fully saturated rings. The standard InChI is InChI=1S/C27H29N3O/c1-20-9-8-12-22(17-20)18-25-28-29(19-21-10-6-5-7-11-21)26(31)30(25)24-15-13-23(14-16-24)27(2,3)4/h5-17H,18-19H2,1-4H3. The SMILES string of the molecule is Cc1cccc(Cc2nn(Cc3ccccc3)c(=O)n2-c2ccc(C(C)(C)C)cc2)c1. The Morgan fingerprint density at radius 3 is 2.16 bits per heavy atom. The first-order valence-corrected chi connectivity index (χ1v) is 10.7. The van der Waals surface area contributed by atoms with Crippen LogP contribution in [0.2, 0.25) is 0 Å². The van der Waals surface area contributed by atoms with Crippen molar-refractivity contribution in [2.24, 2.45) is 0 Å². The monoisotopic (exact) mass is 411 g/mol. The minimum Gasteiger partial charge on any atom is -0.247 e. The molecule has 0 bridgehead atoms. The van der Waals surface area contributed by atoms with E-state index < -0.39 is 0 Å². The van der Waals surface area contributed by atoms with E-state index in [9.17, 15) is 4.79 Å². The smallest absolute Gasteiger partial charge is 0.247 e. The van der Waals surface area contributed by atoms with Crippen LogP contribution in [0.15, 0.2) is 83.7 Å². The van der Waals surface area contributed by atoms with E-state index in [1.54, 1.807) is 9.25 Å². The number of aromatic nitrogens is 3. The molecule has 0 aliphatic heterocycles. The van der Waals surface area contributed by atoms with Crippen molar-refractivity contribution in [1.29, 1.82) is 0 Å². The molecule has 1 heterocycles. The van der Waals surface area contributed by atoms with Crippen molar-refractivity contribution in [3.63, 3.8) is 0 Å². The molecule has 0 atom stereocenters. The predicted molar refractivity (Wildman–Crippen MR) is 126 cm³/mol. The van der Waals surface area contributed by atoms with Gasteiger partial charge in [-0.1, -0.05) is 93.1 Å². The largest absolute Gasteiger partial charge is 0.350 e. The van der Waals surface area contributed by atoms with Gasteiger partial charge in [0.2, 0.25) is 0 Å². The van der Waals surface area contributed by atoms with Crippen LogP contribution >= 0.6 is 0 Å². The number of nitrogens with zero attached hydrogens (tertiary/aromatic N) is 3. The highest BCUT2D eigenvalue weighted by Gasteiger charge is 2.18. The van der Waals surface area contributed by atoms with Gasteiger partial charge in [-0.15, -0.1) is 0 Å². The summed E-state index contributed by atoms with van der Waals surface area (Å²) in [4.78, 5) is 13.4. The maximum Gasteiger partial charge on any atom is 0.350 e. The number of hydrogen-bond acceptors (Lipinski definition) is 2. The zero-order chi connectivity index (χ0) is 22.0. The topological polar surface area (TPSA) is 39.8 Å². The summed E-state index contributed by atoms with van der Waals surface area (Å²) in [5.41, 5.74) is 5.43. The first kappa shape index (κ1) is 20.9. The summed E-state index contributed by atoms with van der Waals surface area (Å²) in [7, 11) is 0. The van der Waals surface area contributed by atoms with Crippen molar-refractivity contribution in [2.45, 2.75) is 46.1 Å². The van der Waals surface area contributed by atoms with E-state index in [1.807, 2.05) is 48.5 Å². The van der Waals surface area contributed by atoms with Crippen molar-refractivity contribution in [3.05, 3.63) is 117 Å². The quantitative estimate of drug-likeness (QED) is 0.448. The first-order valence-electron chi connectivity index (χ1n) is 10.7. The molecule has 4 nitrogen and oxygen atoms in total. The average Bonchev–Trinajstić information content (AvgIpc) is 3.03. The summed E-state index contributed by atoms with van der Waals surface area (Å²) in [5.74, 6) is 0.745. The molecular weight excluding hydrogens is 382 g/mol. The van der Waals surface area contributed by atoms with E-state index in [4.69, 9.17) is 5.10 Å². The molecule has 0 unspecified atom stereocenters. The Balaban J connectivity index is 1.78. The Morgan fingerprint density at radius 2 is 1.52 bits per heavy atom. The van der Waals surface area contributed by atoms with Gasteiger partial charge < -0.3 is 0 Å². The number of rotatable bonds is 5. The van der Waals surface area contributed by atoms with Crippen molar-refractivity contribution in [2.75, 3.05) is 0 Å². The second kappa shape index (κ2) is 8.38. The van der Waals surface area contributed by atoms with E-state index in [-0.39, 0.29) is 11.1 Å². The lowest BCUT2D eigenvalue weighted by molar-refractivity contribution is 0.590. The highest BCUT2D eigenvalue weighted by molar-refractivity contribution is 5.38. The van der Waals surface area contributed by atoms with Gasteiger partial charge >= 0.3 is 5.69 Å². The van der Waals surface area contributed by atoms with Gasteiger partial charge in [0.1, 0.15) is 5.82 Å². The maximum absolute atomic E-state index is 13.4. The van der Waals surface area contributed by atoms with Crippen LogP contribution in [0.3, 0.4) is 0 Å². The molecule has 0 aliphatic rings. The fourth-order valence-corrected chi connectivity index (χ4v) is 3.80. The number of benzene rings is 3. The third-order valence-corrected chi connectivity index (χ3v) is 5.52. The minimum atomic E-state index is -0.116. The highest BCUT2D eigenvalue weighted by Crippen LogP contribution is 2.23. The van der Waals surface area contributed by atoms with Crippen LogP contribution in [0, 0.1) is 6.92 Å². The van der Waals surface area contributed by atoms with E-state index in [0.29, 0.717) is 13.0 Å². The molecule has 0 aliphatic carbocycles. The maximum atomic E-state index is 13.4. The molecular formula is C27H29N3O. The average molecular weight is 412 g/mol. The molecule has 4 heteroatoms. The summed E-state index contributed by atoms with van der Waals surface area (Å²) in [6.07, 6.45) is 0.597. The molecule has 3 aromatic carbocycles. The lowest BCUT2D eigenvalue weighted by Gasteiger charge is -2.19. The molecule has 0 amide bonds. The molecule has 0 N–H and O–H groups in total. The fraction of sp³-hybridized carbons (Fsp3) is 0.259. The molecule has 4 aromatic rings. The van der Waals surface area contributed by atoms with Crippen LogP contribution in [-0.4, -0.2) is 14.3 Å². The molecule has 0 radical (unpaired) electrons. The fourth-order valence-electron chi connectivity index (χ4n) is 3.80. The molecule has 1 aromatic heterocycles. The third kappa shape index (κ3) is 4.69. The van der Waals surface area contributed by atoms with Crippen molar-refractivity contribution in [1.82, 2.24) is 14.3 Å². The van der Waals surface area contributed by atoms with E-state index in [2.05, 4.69) is 58.0 Å². The summed E-state index contributed by atoms with van der Waals surface area (Å²) in [6.45, 7) is 9.10. The van der Waals surface area contributed by atoms with Crippen LogP contribution in [0.1, 0.15) is 48.8 Å². The predicted octanol–water partition coefficient (Wildman–Crippen LogP) is 5.28. The van der Waals surface area contributed by atoms with Crippen LogP contribution in [0.25, 0.3) is 5.69 Å². The molecule has 0 saturated heterocycles. The summed E-state index contributed by atoms with van der Waals surface area (Å²) < 4.78 is 3.32. The Kier molecular flexibility index (Phi) is 5.64. The minimum absolute atomic E-state index is 0.0609. The van der Waals surface area contributed by atoms with Gasteiger partial charge in [-0.2, -0.15) is 5.10 Å². The van der Waals surface area contributed by atoms with Gasteiger partial charge in [-0.05, 0) is 41.2 Å². The van der Waals surface area contributed by atoms with Crippen LogP contribution in [0.5, 0.6) is 0 Å². The van der Waals surface area contributed by atoms with Crippen molar-refractivity contribution in [3.8, 4) is 5.69 Å². The second-order valence-corrected chi connectivity index (χ2v) is 9.14. The van der Waals surface area contributed by atoms with Crippen molar-refractivity contribution >= 4 is 0 Å². The van der Waals surface area contributed by atoms with Crippen LogP contribution in [0.4, 0.5) is 0 Å². The molecule has 0 saturated carbocycles. The Bertz CT molecular complexity index is 1230. The normalized spacial score (nSPS) is 11.6. The second-order valence-electron chi connectivity index (χ2n) is 9.14. The molecule has 31 heavy (non-hydrogen) atoms. The van der Waals surface area contributed by atoms with Gasteiger partial charge in [0.05, 0.1) is 12.2 Å². The Hall–Kier alpha value is -3.40. The lowest BCUT2D eigenvalue weighted by atomic mass is 9.87. The number of hydrogen-bond donors (Lipinski definition) is 0. The zero-order valence-corrected chi connectivity index (χ0v) is 18.7. The Labute approximate surface area is 183 Å². The molecule has 0 spiro atoms. The van der Waals surface area contributed by atoms with Crippen LogP contribution < -0.4 is 5.69 Å². The van der Waals surface area contributed by atoms with E-state index >= 15 is 0 Å². The summed E-state index contributed by atoms with van der Waals surface area (Å²) in [6, 6.07) is 26.6. The highest BCUT2D eigenvalue weighted by atomic mass is 16.2. The third-order valence-electron chi connectivity index (χ3n) is 5.52. The van der Waals surface area contributed by atoms with E-state index in [1.165, 1.54) is 11.1 Å². The van der Waals surface area contributed by atoms with Gasteiger partial charge in [-0.25, -0.2) is 14.0 Å². The summed E-state index contributed by atoms with van der Waals surface area (Å²) in [5, 5.41) is 4.74. The van der Waals surface area contributed by atoms with Gasteiger partial charge in [0, 0.05) is 6.42 Å². The molecule has 4 rings (SSSR count). The van der Waals surface area contributed by atoms with Gasteiger partial charge in [0.25, 0.3) is 0 Å². The zero-order valence-electron chi connectivity index (χ0n) is 18.7. The molecule has 158 valence electrons. The van der Waals surface area contributed by atoms with E-state index in [0.717, 1.165) is 22.6 Å². The first-order chi connectivity index (χ1) is 14.8. The lowest BCUT2D eigenvalue weighted by Crippen LogP contribution is -2.25. The van der Waals surface area contributed by atoms with Crippen LogP contribution in [-0.2, 0) is 18.4 Å². The van der Waals surface area contributed by atoms with Gasteiger partial charge in [0.15, 0.2) is 0 Å².